The van der Waals surface area contributed by atoms with Gasteiger partial charge in [-0.1, -0.05) is 6.92 Å². The second-order valence-electron chi connectivity index (χ2n) is 4.73. The number of aromatic amines is 1. The highest BCUT2D eigenvalue weighted by molar-refractivity contribution is 7.71. The molecule has 100 valence electrons. The molecule has 0 atom stereocenters. The molecule has 0 radical (unpaired) electrons. The van der Waals surface area contributed by atoms with Crippen LogP contribution >= 0.6 is 23.6 Å². The number of H-pyrrole nitrogens is 1. The van der Waals surface area contributed by atoms with E-state index in [-0.39, 0.29) is 22.7 Å². The minimum atomic E-state index is -0.246. The van der Waals surface area contributed by atoms with E-state index in [4.69, 9.17) is 12.2 Å². The lowest BCUT2D eigenvalue weighted by atomic mass is 9.97. The molecule has 0 aliphatic heterocycles. The average Bonchev–Trinajstić information content (AvgIpc) is 2.76. The molecule has 2 aromatic heterocycles. The van der Waals surface area contributed by atoms with Crippen LogP contribution in [0.5, 0.6) is 0 Å². The summed E-state index contributed by atoms with van der Waals surface area (Å²) in [6.07, 6.45) is 4.50. The van der Waals surface area contributed by atoms with Gasteiger partial charge in [0.15, 0.2) is 4.77 Å². The number of aryl methyl sites for hydroxylation is 2. The van der Waals surface area contributed by atoms with Crippen molar-refractivity contribution in [3.8, 4) is 0 Å². The third-order valence-corrected chi connectivity index (χ3v) is 5.06. The SMILES string of the molecule is CCC(=O)n1c(=S)[nH]c2sc3c(c2c1=O)CCCC3. The molecule has 1 aliphatic carbocycles. The van der Waals surface area contributed by atoms with Crippen molar-refractivity contribution in [2.24, 2.45) is 0 Å². The number of aromatic nitrogens is 2. The average molecular weight is 294 g/mol. The van der Waals surface area contributed by atoms with Crippen LogP contribution in [0.3, 0.4) is 0 Å². The second kappa shape index (κ2) is 4.68. The maximum absolute atomic E-state index is 12.5. The Hall–Kier alpha value is -1.27. The minimum absolute atomic E-state index is 0.211. The Morgan fingerprint density at radius 2 is 2.16 bits per heavy atom. The monoisotopic (exact) mass is 294 g/mol. The number of thiophene rings is 1. The number of nitrogens with one attached hydrogen (secondary N) is 1. The smallest absolute Gasteiger partial charge is 0.270 e. The lowest BCUT2D eigenvalue weighted by Gasteiger charge is -2.10. The van der Waals surface area contributed by atoms with E-state index in [1.807, 2.05) is 0 Å². The first kappa shape index (κ1) is 12.7. The van der Waals surface area contributed by atoms with Gasteiger partial charge in [0.1, 0.15) is 4.83 Å². The second-order valence-corrected chi connectivity index (χ2v) is 6.22. The largest absolute Gasteiger partial charge is 0.323 e. The number of hydrogen-bond acceptors (Lipinski definition) is 4. The number of rotatable bonds is 1. The first-order valence-electron chi connectivity index (χ1n) is 6.46. The van der Waals surface area contributed by atoms with Crippen LogP contribution in [0.1, 0.15) is 41.4 Å². The van der Waals surface area contributed by atoms with Gasteiger partial charge >= 0.3 is 0 Å². The molecule has 0 bridgehead atoms. The van der Waals surface area contributed by atoms with Crippen molar-refractivity contribution in [2.75, 3.05) is 0 Å². The maximum atomic E-state index is 12.5. The molecule has 1 N–H and O–H groups in total. The summed E-state index contributed by atoms with van der Waals surface area (Å²) in [5.74, 6) is -0.246. The normalized spacial score (nSPS) is 14.6. The van der Waals surface area contributed by atoms with E-state index in [1.165, 1.54) is 11.3 Å². The van der Waals surface area contributed by atoms with Crippen LogP contribution in [0.15, 0.2) is 4.79 Å². The van der Waals surface area contributed by atoms with Crippen molar-refractivity contribution in [1.82, 2.24) is 9.55 Å². The van der Waals surface area contributed by atoms with Crippen molar-refractivity contribution in [3.63, 3.8) is 0 Å². The van der Waals surface area contributed by atoms with Gasteiger partial charge in [0, 0.05) is 11.3 Å². The molecule has 0 saturated heterocycles. The van der Waals surface area contributed by atoms with Gasteiger partial charge in [-0.05, 0) is 43.5 Å². The van der Waals surface area contributed by atoms with Crippen LogP contribution in [0.2, 0.25) is 0 Å². The summed E-state index contributed by atoms with van der Waals surface area (Å²) in [4.78, 5) is 29.6. The molecule has 2 aromatic rings. The number of nitrogens with zero attached hydrogens (tertiary/aromatic N) is 1. The standard InChI is InChI=1S/C13H14N2O2S2/c1-2-9(16)15-12(17)10-7-5-3-4-6-8(7)19-11(10)14-13(15)18/h2-6H2,1H3,(H,14,18). The molecule has 6 heteroatoms. The van der Waals surface area contributed by atoms with Gasteiger partial charge in [-0.3, -0.25) is 9.59 Å². The van der Waals surface area contributed by atoms with Crippen LogP contribution in [0.25, 0.3) is 10.2 Å². The van der Waals surface area contributed by atoms with Crippen LogP contribution in [0.4, 0.5) is 0 Å². The molecule has 0 fully saturated rings. The molecule has 4 nitrogen and oxygen atoms in total. The van der Waals surface area contributed by atoms with Crippen LogP contribution < -0.4 is 5.56 Å². The van der Waals surface area contributed by atoms with Crippen molar-refractivity contribution in [3.05, 3.63) is 25.6 Å². The Bertz CT molecular complexity index is 782. The van der Waals surface area contributed by atoms with E-state index >= 15 is 0 Å². The Morgan fingerprint density at radius 1 is 1.42 bits per heavy atom. The van der Waals surface area contributed by atoms with E-state index in [0.29, 0.717) is 5.39 Å². The van der Waals surface area contributed by atoms with E-state index in [2.05, 4.69) is 4.98 Å². The lowest BCUT2D eigenvalue weighted by Crippen LogP contribution is -2.28. The summed E-state index contributed by atoms with van der Waals surface area (Å²) in [5.41, 5.74) is 0.880. The number of fused-ring (bicyclic) bond motifs is 3. The topological polar surface area (TPSA) is 54.9 Å². The van der Waals surface area contributed by atoms with Crippen molar-refractivity contribution >= 4 is 39.7 Å². The van der Waals surface area contributed by atoms with Gasteiger partial charge in [0.05, 0.1) is 5.39 Å². The third kappa shape index (κ3) is 1.90. The summed E-state index contributed by atoms with van der Waals surface area (Å²) in [5, 5.41) is 0.676. The Morgan fingerprint density at radius 3 is 2.89 bits per heavy atom. The van der Waals surface area contributed by atoms with Gasteiger partial charge in [-0.2, -0.15) is 0 Å². The Kier molecular flexibility index (Phi) is 3.14. The number of carbonyl (C=O) groups excluding carboxylic acids is 1. The molecular formula is C13H14N2O2S2. The summed E-state index contributed by atoms with van der Waals surface area (Å²) < 4.78 is 1.32. The molecular weight excluding hydrogens is 280 g/mol. The fourth-order valence-corrected chi connectivity index (χ4v) is 4.25. The van der Waals surface area contributed by atoms with Crippen LogP contribution in [-0.2, 0) is 12.8 Å². The minimum Gasteiger partial charge on any atom is -0.323 e. The zero-order valence-corrected chi connectivity index (χ0v) is 12.2. The molecule has 1 aliphatic rings. The fraction of sp³-hybridized carbons (Fsp3) is 0.462. The Balaban J connectivity index is 2.40. The molecule has 0 amide bonds. The molecule has 2 heterocycles. The highest BCUT2D eigenvalue weighted by atomic mass is 32.1. The van der Waals surface area contributed by atoms with E-state index in [9.17, 15) is 9.59 Å². The van der Waals surface area contributed by atoms with Crippen molar-refractivity contribution < 1.29 is 4.79 Å². The van der Waals surface area contributed by atoms with Crippen molar-refractivity contribution in [1.29, 1.82) is 0 Å². The summed E-state index contributed by atoms with van der Waals surface area (Å²) in [7, 11) is 0. The van der Waals surface area contributed by atoms with Crippen LogP contribution in [-0.4, -0.2) is 15.5 Å². The van der Waals surface area contributed by atoms with Gasteiger partial charge < -0.3 is 4.98 Å². The highest BCUT2D eigenvalue weighted by Gasteiger charge is 2.21. The first-order chi connectivity index (χ1) is 9.13. The quantitative estimate of drug-likeness (QED) is 0.822. The zero-order valence-electron chi connectivity index (χ0n) is 10.6. The third-order valence-electron chi connectivity index (χ3n) is 3.56. The lowest BCUT2D eigenvalue weighted by molar-refractivity contribution is 0.0902. The fourth-order valence-electron chi connectivity index (χ4n) is 2.62. The summed E-state index contributed by atoms with van der Waals surface area (Å²) in [6.45, 7) is 1.73. The van der Waals surface area contributed by atoms with Gasteiger partial charge in [-0.15, -0.1) is 11.3 Å². The molecule has 0 spiro atoms. The van der Waals surface area contributed by atoms with Gasteiger partial charge in [0.25, 0.3) is 5.56 Å². The van der Waals surface area contributed by atoms with E-state index in [0.717, 1.165) is 34.2 Å². The summed E-state index contributed by atoms with van der Waals surface area (Å²) >= 11 is 6.75. The molecule has 0 unspecified atom stereocenters. The van der Waals surface area contributed by atoms with Crippen LogP contribution in [0, 0.1) is 4.77 Å². The summed E-state index contributed by atoms with van der Waals surface area (Å²) in [6, 6.07) is 0. The maximum Gasteiger partial charge on any atom is 0.270 e. The predicted molar refractivity (Wildman–Crippen MR) is 78.8 cm³/mol. The molecule has 0 aromatic carbocycles. The first-order valence-corrected chi connectivity index (χ1v) is 7.68. The van der Waals surface area contributed by atoms with Crippen molar-refractivity contribution in [2.45, 2.75) is 39.0 Å². The Labute approximate surface area is 119 Å². The number of carbonyl (C=O) groups is 1. The molecule has 3 rings (SSSR count). The highest BCUT2D eigenvalue weighted by Crippen LogP contribution is 2.33. The van der Waals surface area contributed by atoms with E-state index < -0.39 is 0 Å². The predicted octanol–water partition coefficient (Wildman–Crippen LogP) is 3.05. The van der Waals surface area contributed by atoms with Gasteiger partial charge in [-0.25, -0.2) is 4.57 Å². The molecule has 0 saturated carbocycles. The van der Waals surface area contributed by atoms with Gasteiger partial charge in [0.2, 0.25) is 5.91 Å². The van der Waals surface area contributed by atoms with E-state index in [1.54, 1.807) is 18.3 Å². The number of hydrogen-bond donors (Lipinski definition) is 1. The molecule has 19 heavy (non-hydrogen) atoms. The zero-order chi connectivity index (χ0) is 13.6.